The molecule has 0 spiro atoms. The van der Waals surface area contributed by atoms with Gasteiger partial charge < -0.3 is 14.2 Å². The van der Waals surface area contributed by atoms with Crippen molar-refractivity contribution in [2.45, 2.75) is 93.1 Å². The number of carbonyl (C=O) groups is 2. The highest BCUT2D eigenvalue weighted by Gasteiger charge is 2.39. The lowest BCUT2D eigenvalue weighted by Crippen LogP contribution is -2.42. The first-order valence-electron chi connectivity index (χ1n) is 10.5. The smallest absolute Gasteiger partial charge is 0.317 e. The minimum atomic E-state index is -0.628. The summed E-state index contributed by atoms with van der Waals surface area (Å²) in [5.74, 6) is -0.174. The van der Waals surface area contributed by atoms with Gasteiger partial charge in [0.05, 0.1) is 13.0 Å². The van der Waals surface area contributed by atoms with Gasteiger partial charge in [0.15, 0.2) is 0 Å². The molecule has 1 rings (SSSR count). The Bertz CT molecular complexity index is 737. The van der Waals surface area contributed by atoms with Crippen molar-refractivity contribution in [2.24, 2.45) is 11.3 Å². The molecule has 5 nitrogen and oxygen atoms in total. The van der Waals surface area contributed by atoms with Crippen molar-refractivity contribution >= 4 is 11.9 Å². The molecule has 0 N–H and O–H groups in total. The van der Waals surface area contributed by atoms with Crippen LogP contribution in [0.1, 0.15) is 87.3 Å². The summed E-state index contributed by atoms with van der Waals surface area (Å²) in [6, 6.07) is 3.85. The average Bonchev–Trinajstić information content (AvgIpc) is 2.55. The number of hydrogen-bond donors (Lipinski definition) is 0. The van der Waals surface area contributed by atoms with E-state index in [0.29, 0.717) is 5.75 Å². The molecule has 0 aromatic heterocycles. The van der Waals surface area contributed by atoms with Crippen LogP contribution in [0.3, 0.4) is 0 Å². The van der Waals surface area contributed by atoms with Gasteiger partial charge in [-0.25, -0.2) is 0 Å². The van der Waals surface area contributed by atoms with Gasteiger partial charge >= 0.3 is 11.9 Å². The molecule has 2 atom stereocenters. The molecule has 0 fully saturated rings. The standard InChI is InChI=1S/C25H40O5/c1-15(21(25(9,10)11)29-16(2)26)22(27)30-20-18(23(3,4)5)13-17(28-12)14-19(20)24(6,7)8/h13-15,21H,1-12H3/t15-,21+/m1/s1. The van der Waals surface area contributed by atoms with Crippen LogP contribution in [0.2, 0.25) is 0 Å². The summed E-state index contributed by atoms with van der Waals surface area (Å²) in [5, 5.41) is 0. The number of ether oxygens (including phenoxy) is 3. The van der Waals surface area contributed by atoms with Crippen LogP contribution in [-0.2, 0) is 25.2 Å². The van der Waals surface area contributed by atoms with Crippen LogP contribution < -0.4 is 9.47 Å². The minimum Gasteiger partial charge on any atom is -0.497 e. The fraction of sp³-hybridized carbons (Fsp3) is 0.680. The van der Waals surface area contributed by atoms with E-state index >= 15 is 0 Å². The summed E-state index contributed by atoms with van der Waals surface area (Å²) in [5.41, 5.74) is 0.836. The van der Waals surface area contributed by atoms with Gasteiger partial charge in [-0.3, -0.25) is 9.59 Å². The Hall–Kier alpha value is -2.04. The highest BCUT2D eigenvalue weighted by Crippen LogP contribution is 2.43. The lowest BCUT2D eigenvalue weighted by molar-refractivity contribution is -0.162. The summed E-state index contributed by atoms with van der Waals surface area (Å²) >= 11 is 0. The summed E-state index contributed by atoms with van der Waals surface area (Å²) in [6.45, 7) is 21.4. The largest absolute Gasteiger partial charge is 0.497 e. The first kappa shape index (κ1) is 26.0. The van der Waals surface area contributed by atoms with E-state index in [2.05, 4.69) is 41.5 Å². The highest BCUT2D eigenvalue weighted by atomic mass is 16.6. The molecule has 0 bridgehead atoms. The van der Waals surface area contributed by atoms with Gasteiger partial charge in [0.25, 0.3) is 0 Å². The van der Waals surface area contributed by atoms with E-state index in [1.54, 1.807) is 14.0 Å². The van der Waals surface area contributed by atoms with Crippen molar-refractivity contribution in [1.29, 1.82) is 0 Å². The summed E-state index contributed by atoms with van der Waals surface area (Å²) in [6.07, 6.45) is -0.600. The molecule has 0 saturated carbocycles. The molecule has 0 unspecified atom stereocenters. The van der Waals surface area contributed by atoms with Crippen molar-refractivity contribution in [3.63, 3.8) is 0 Å². The molecule has 0 saturated heterocycles. The zero-order valence-corrected chi connectivity index (χ0v) is 20.9. The van der Waals surface area contributed by atoms with Crippen LogP contribution >= 0.6 is 0 Å². The lowest BCUT2D eigenvalue weighted by atomic mass is 9.79. The van der Waals surface area contributed by atoms with Gasteiger partial charge in [0.2, 0.25) is 0 Å². The van der Waals surface area contributed by atoms with Crippen LogP contribution in [0.5, 0.6) is 11.5 Å². The van der Waals surface area contributed by atoms with Crippen molar-refractivity contribution in [3.05, 3.63) is 23.3 Å². The SMILES string of the molecule is COc1cc(C(C)(C)C)c(OC(=O)[C@H](C)[C@H](OC(C)=O)C(C)(C)C)c(C(C)(C)C)c1. The fourth-order valence-electron chi connectivity index (χ4n) is 3.47. The summed E-state index contributed by atoms with van der Waals surface area (Å²) < 4.78 is 17.1. The Kier molecular flexibility index (Phi) is 7.79. The Morgan fingerprint density at radius 3 is 1.60 bits per heavy atom. The van der Waals surface area contributed by atoms with Crippen LogP contribution in [0.15, 0.2) is 12.1 Å². The monoisotopic (exact) mass is 420 g/mol. The Labute approximate surface area is 182 Å². The maximum Gasteiger partial charge on any atom is 0.317 e. The Balaban J connectivity index is 3.53. The van der Waals surface area contributed by atoms with Gasteiger partial charge in [-0.1, -0.05) is 62.3 Å². The highest BCUT2D eigenvalue weighted by molar-refractivity contribution is 5.77. The molecule has 1 aromatic rings. The van der Waals surface area contributed by atoms with Crippen molar-refractivity contribution < 1.29 is 23.8 Å². The second-order valence-corrected chi connectivity index (χ2v) is 11.2. The van der Waals surface area contributed by atoms with Crippen LogP contribution in [0, 0.1) is 11.3 Å². The molecule has 0 radical (unpaired) electrons. The zero-order valence-electron chi connectivity index (χ0n) is 20.9. The number of esters is 2. The lowest BCUT2D eigenvalue weighted by Gasteiger charge is -2.34. The molecular formula is C25H40O5. The number of methoxy groups -OCH3 is 1. The Morgan fingerprint density at radius 1 is 0.867 bits per heavy atom. The predicted molar refractivity (Wildman–Crippen MR) is 120 cm³/mol. The van der Waals surface area contributed by atoms with Gasteiger partial charge in [0, 0.05) is 18.1 Å². The van der Waals surface area contributed by atoms with Gasteiger partial charge in [0.1, 0.15) is 17.6 Å². The normalized spacial score (nSPS) is 14.7. The van der Waals surface area contributed by atoms with Gasteiger partial charge in [-0.2, -0.15) is 0 Å². The fourth-order valence-corrected chi connectivity index (χ4v) is 3.47. The molecule has 1 aromatic carbocycles. The van der Waals surface area contributed by atoms with E-state index in [1.807, 2.05) is 32.9 Å². The molecule has 0 heterocycles. The molecule has 5 heteroatoms. The molecule has 0 amide bonds. The maximum absolute atomic E-state index is 13.3. The first-order chi connectivity index (χ1) is 13.4. The molecule has 0 aliphatic rings. The second-order valence-electron chi connectivity index (χ2n) is 11.2. The predicted octanol–water partition coefficient (Wildman–Crippen LogP) is 5.81. The quantitative estimate of drug-likeness (QED) is 0.444. The first-order valence-corrected chi connectivity index (χ1v) is 10.5. The molecule has 0 aliphatic carbocycles. The molecule has 30 heavy (non-hydrogen) atoms. The summed E-state index contributed by atoms with van der Waals surface area (Å²) in [7, 11) is 1.63. The van der Waals surface area contributed by atoms with E-state index in [4.69, 9.17) is 14.2 Å². The van der Waals surface area contributed by atoms with Crippen LogP contribution in [0.4, 0.5) is 0 Å². The van der Waals surface area contributed by atoms with E-state index in [1.165, 1.54) is 6.92 Å². The van der Waals surface area contributed by atoms with Gasteiger partial charge in [-0.05, 0) is 35.3 Å². The van der Waals surface area contributed by atoms with E-state index < -0.39 is 29.4 Å². The van der Waals surface area contributed by atoms with Gasteiger partial charge in [-0.15, -0.1) is 0 Å². The number of rotatable bonds is 5. The van der Waals surface area contributed by atoms with E-state index in [9.17, 15) is 9.59 Å². The van der Waals surface area contributed by atoms with E-state index in [-0.39, 0.29) is 10.8 Å². The summed E-state index contributed by atoms with van der Waals surface area (Å²) in [4.78, 5) is 24.9. The third-order valence-corrected chi connectivity index (χ3v) is 5.09. The third-order valence-electron chi connectivity index (χ3n) is 5.09. The second kappa shape index (κ2) is 8.99. The molecular weight excluding hydrogens is 380 g/mol. The van der Waals surface area contributed by atoms with Crippen LogP contribution in [0.25, 0.3) is 0 Å². The van der Waals surface area contributed by atoms with Crippen molar-refractivity contribution in [1.82, 2.24) is 0 Å². The molecule has 170 valence electrons. The minimum absolute atomic E-state index is 0.271. The van der Waals surface area contributed by atoms with E-state index in [0.717, 1.165) is 16.9 Å². The topological polar surface area (TPSA) is 61.8 Å². The Morgan fingerprint density at radius 2 is 1.30 bits per heavy atom. The molecule has 0 aliphatic heterocycles. The zero-order chi connectivity index (χ0) is 23.7. The number of carbonyl (C=O) groups excluding carboxylic acids is 2. The third kappa shape index (κ3) is 6.48. The maximum atomic E-state index is 13.3. The van der Waals surface area contributed by atoms with Crippen LogP contribution in [-0.4, -0.2) is 25.2 Å². The number of hydrogen-bond acceptors (Lipinski definition) is 5. The average molecular weight is 421 g/mol. The van der Waals surface area contributed by atoms with Crippen molar-refractivity contribution in [2.75, 3.05) is 7.11 Å². The van der Waals surface area contributed by atoms with Crippen molar-refractivity contribution in [3.8, 4) is 11.5 Å². The number of benzene rings is 1.